The van der Waals surface area contributed by atoms with Gasteiger partial charge in [-0.25, -0.2) is 4.98 Å². The summed E-state index contributed by atoms with van der Waals surface area (Å²) in [7, 11) is 0. The number of fused-ring (bicyclic) bond motifs is 1. The fourth-order valence-electron chi connectivity index (χ4n) is 3.43. The molecule has 2 heterocycles. The summed E-state index contributed by atoms with van der Waals surface area (Å²) in [6.45, 7) is 2.60. The van der Waals surface area contributed by atoms with Crippen LogP contribution in [0.15, 0.2) is 18.2 Å². The van der Waals surface area contributed by atoms with Gasteiger partial charge in [0, 0.05) is 24.7 Å². The van der Waals surface area contributed by atoms with Crippen LogP contribution in [0.5, 0.6) is 0 Å². The molecular weight excluding hydrogens is 320 g/mol. The van der Waals surface area contributed by atoms with Gasteiger partial charge in [-0.1, -0.05) is 6.42 Å². The number of piperidine rings is 1. The molecular formula is C18H26N4O3. The van der Waals surface area contributed by atoms with E-state index >= 15 is 0 Å². The lowest BCUT2D eigenvalue weighted by molar-refractivity contribution is 0.0868. The highest BCUT2D eigenvalue weighted by molar-refractivity contribution is 5.97. The van der Waals surface area contributed by atoms with E-state index in [1.807, 2.05) is 0 Å². The third-order valence-corrected chi connectivity index (χ3v) is 4.81. The van der Waals surface area contributed by atoms with E-state index in [9.17, 15) is 9.90 Å². The first-order valence-corrected chi connectivity index (χ1v) is 8.94. The van der Waals surface area contributed by atoms with Crippen LogP contribution in [-0.4, -0.2) is 63.3 Å². The van der Waals surface area contributed by atoms with Gasteiger partial charge in [0.05, 0.1) is 17.6 Å². The van der Waals surface area contributed by atoms with E-state index in [1.54, 1.807) is 18.2 Å². The summed E-state index contributed by atoms with van der Waals surface area (Å²) in [6.07, 6.45) is 4.29. The summed E-state index contributed by atoms with van der Waals surface area (Å²) < 4.78 is 0. The van der Waals surface area contributed by atoms with E-state index in [1.165, 1.54) is 12.8 Å². The molecule has 0 bridgehead atoms. The highest BCUT2D eigenvalue weighted by Crippen LogP contribution is 2.17. The Balaban J connectivity index is 1.49. The standard InChI is InChI=1S/C18H26N4O3/c23-11-14-4-1-2-8-22(14)9-3-7-19-18(25)13-5-6-15-16(10-13)21-17(12-24)20-15/h5-6,10,14,23-24H,1-4,7-9,11-12H2,(H,19,25)(H,20,21)/t14-/m0/s1. The van der Waals surface area contributed by atoms with E-state index in [4.69, 9.17) is 5.11 Å². The molecule has 1 aliphatic heterocycles. The maximum absolute atomic E-state index is 12.3. The lowest BCUT2D eigenvalue weighted by Crippen LogP contribution is -2.43. The highest BCUT2D eigenvalue weighted by Gasteiger charge is 2.20. The first-order chi connectivity index (χ1) is 12.2. The molecule has 1 aliphatic rings. The molecule has 0 radical (unpaired) electrons. The fourth-order valence-corrected chi connectivity index (χ4v) is 3.43. The maximum Gasteiger partial charge on any atom is 0.251 e. The number of nitrogens with zero attached hydrogens (tertiary/aromatic N) is 2. The quantitative estimate of drug-likeness (QED) is 0.561. The first kappa shape index (κ1) is 17.8. The number of hydrogen-bond donors (Lipinski definition) is 4. The average Bonchev–Trinajstić information content (AvgIpc) is 3.07. The van der Waals surface area contributed by atoms with E-state index in [0.717, 1.165) is 37.0 Å². The number of nitrogens with one attached hydrogen (secondary N) is 2. The van der Waals surface area contributed by atoms with Crippen molar-refractivity contribution >= 4 is 16.9 Å². The summed E-state index contributed by atoms with van der Waals surface area (Å²) >= 11 is 0. The zero-order valence-electron chi connectivity index (χ0n) is 14.4. The minimum Gasteiger partial charge on any atom is -0.395 e. The van der Waals surface area contributed by atoms with Crippen molar-refractivity contribution in [1.82, 2.24) is 20.2 Å². The van der Waals surface area contributed by atoms with Crippen LogP contribution >= 0.6 is 0 Å². The Morgan fingerprint density at radius 3 is 3.04 bits per heavy atom. The number of likely N-dealkylation sites (tertiary alicyclic amines) is 1. The van der Waals surface area contributed by atoms with Crippen molar-refractivity contribution in [2.45, 2.75) is 38.3 Å². The molecule has 7 nitrogen and oxygen atoms in total. The van der Waals surface area contributed by atoms with Crippen molar-refractivity contribution in [1.29, 1.82) is 0 Å². The van der Waals surface area contributed by atoms with Crippen LogP contribution in [0.1, 0.15) is 41.9 Å². The molecule has 0 saturated carbocycles. The molecule has 1 fully saturated rings. The molecule has 0 spiro atoms. The summed E-state index contributed by atoms with van der Waals surface area (Å²) in [5.41, 5.74) is 2.06. The van der Waals surface area contributed by atoms with Crippen LogP contribution in [0.4, 0.5) is 0 Å². The maximum atomic E-state index is 12.3. The second-order valence-corrected chi connectivity index (χ2v) is 6.55. The predicted octanol–water partition coefficient (Wildman–Crippen LogP) is 1.02. The van der Waals surface area contributed by atoms with Crippen molar-refractivity contribution in [3.63, 3.8) is 0 Å². The van der Waals surface area contributed by atoms with Gasteiger partial charge in [-0.2, -0.15) is 0 Å². The number of rotatable bonds is 7. The number of carbonyl (C=O) groups excluding carboxylic acids is 1. The van der Waals surface area contributed by atoms with E-state index in [-0.39, 0.29) is 25.2 Å². The predicted molar refractivity (Wildman–Crippen MR) is 95.3 cm³/mol. The Morgan fingerprint density at radius 1 is 1.36 bits per heavy atom. The molecule has 1 atom stereocenters. The van der Waals surface area contributed by atoms with Crippen molar-refractivity contribution in [2.75, 3.05) is 26.2 Å². The first-order valence-electron chi connectivity index (χ1n) is 8.94. The monoisotopic (exact) mass is 346 g/mol. The SMILES string of the molecule is O=C(NCCCN1CCCC[C@H]1CO)c1ccc2nc(CO)[nH]c2c1. The molecule has 1 saturated heterocycles. The van der Waals surface area contributed by atoms with E-state index in [0.29, 0.717) is 17.9 Å². The molecule has 7 heteroatoms. The van der Waals surface area contributed by atoms with Crippen LogP contribution in [0.25, 0.3) is 11.0 Å². The Hall–Kier alpha value is -1.96. The summed E-state index contributed by atoms with van der Waals surface area (Å²) in [5, 5.41) is 21.5. The summed E-state index contributed by atoms with van der Waals surface area (Å²) in [5.74, 6) is 0.381. The molecule has 1 aromatic carbocycles. The highest BCUT2D eigenvalue weighted by atomic mass is 16.3. The van der Waals surface area contributed by atoms with Gasteiger partial charge in [0.25, 0.3) is 5.91 Å². The van der Waals surface area contributed by atoms with Crippen molar-refractivity contribution in [3.05, 3.63) is 29.6 Å². The number of carbonyl (C=O) groups is 1. The van der Waals surface area contributed by atoms with Crippen molar-refractivity contribution in [2.24, 2.45) is 0 Å². The number of aromatic nitrogens is 2. The molecule has 3 rings (SSSR count). The van der Waals surface area contributed by atoms with Gasteiger partial charge >= 0.3 is 0 Å². The average molecular weight is 346 g/mol. The van der Waals surface area contributed by atoms with Crippen LogP contribution < -0.4 is 5.32 Å². The van der Waals surface area contributed by atoms with Gasteiger partial charge in [-0.3, -0.25) is 9.69 Å². The number of aliphatic hydroxyl groups is 2. The molecule has 1 amide bonds. The van der Waals surface area contributed by atoms with E-state index in [2.05, 4.69) is 20.2 Å². The Kier molecular flexibility index (Phi) is 6.01. The van der Waals surface area contributed by atoms with Crippen LogP contribution in [0, 0.1) is 0 Å². The summed E-state index contributed by atoms with van der Waals surface area (Å²) in [6, 6.07) is 5.54. The van der Waals surface area contributed by atoms with Gasteiger partial charge in [0.2, 0.25) is 0 Å². The molecule has 1 aromatic heterocycles. The Labute approximate surface area is 147 Å². The zero-order valence-corrected chi connectivity index (χ0v) is 14.4. The number of H-pyrrole nitrogens is 1. The second kappa shape index (κ2) is 8.42. The van der Waals surface area contributed by atoms with Crippen LogP contribution in [0.2, 0.25) is 0 Å². The normalized spacial score (nSPS) is 18.6. The topological polar surface area (TPSA) is 101 Å². The van der Waals surface area contributed by atoms with Gasteiger partial charge in [0.1, 0.15) is 12.4 Å². The molecule has 136 valence electrons. The number of aromatic amines is 1. The lowest BCUT2D eigenvalue weighted by Gasteiger charge is -2.34. The molecule has 0 aliphatic carbocycles. The third-order valence-electron chi connectivity index (χ3n) is 4.81. The molecule has 0 unspecified atom stereocenters. The number of aliphatic hydroxyl groups excluding tert-OH is 2. The summed E-state index contributed by atoms with van der Waals surface area (Å²) in [4.78, 5) is 21.8. The van der Waals surface area contributed by atoms with Crippen LogP contribution in [-0.2, 0) is 6.61 Å². The van der Waals surface area contributed by atoms with E-state index < -0.39 is 0 Å². The number of imidazole rings is 1. The fraction of sp³-hybridized carbons (Fsp3) is 0.556. The van der Waals surface area contributed by atoms with Crippen molar-refractivity contribution in [3.8, 4) is 0 Å². The molecule has 4 N–H and O–H groups in total. The molecule has 25 heavy (non-hydrogen) atoms. The van der Waals surface area contributed by atoms with Crippen LogP contribution in [0.3, 0.4) is 0 Å². The second-order valence-electron chi connectivity index (χ2n) is 6.55. The minimum atomic E-state index is -0.151. The van der Waals surface area contributed by atoms with Crippen molar-refractivity contribution < 1.29 is 15.0 Å². The number of amides is 1. The Bertz CT molecular complexity index is 715. The van der Waals surface area contributed by atoms with Gasteiger partial charge in [0.15, 0.2) is 0 Å². The number of benzene rings is 1. The molecule has 2 aromatic rings. The van der Waals surface area contributed by atoms with Gasteiger partial charge in [-0.05, 0) is 44.0 Å². The smallest absolute Gasteiger partial charge is 0.251 e. The largest absolute Gasteiger partial charge is 0.395 e. The van der Waals surface area contributed by atoms with Gasteiger partial charge in [-0.15, -0.1) is 0 Å². The Morgan fingerprint density at radius 2 is 2.24 bits per heavy atom. The third kappa shape index (κ3) is 4.36. The lowest BCUT2D eigenvalue weighted by atomic mass is 10.0. The zero-order chi connectivity index (χ0) is 17.6. The van der Waals surface area contributed by atoms with Gasteiger partial charge < -0.3 is 20.5 Å². The minimum absolute atomic E-state index is 0.112. The number of hydrogen-bond acceptors (Lipinski definition) is 5.